The van der Waals surface area contributed by atoms with E-state index in [0.29, 0.717) is 0 Å². The molecule has 0 aliphatic carbocycles. The summed E-state index contributed by atoms with van der Waals surface area (Å²) in [6.45, 7) is 0.933. The van der Waals surface area contributed by atoms with Gasteiger partial charge in [0.25, 0.3) is 0 Å². The van der Waals surface area contributed by atoms with Gasteiger partial charge in [0.2, 0.25) is 0 Å². The van der Waals surface area contributed by atoms with E-state index in [0.717, 1.165) is 16.8 Å². The average Bonchev–Trinajstić information content (AvgIpc) is 2.20. The van der Waals surface area contributed by atoms with Crippen molar-refractivity contribution >= 4 is 10.2 Å². The first-order valence-electron chi connectivity index (χ1n) is 4.92. The predicted molar refractivity (Wildman–Crippen MR) is 57.8 cm³/mol. The molecular formula is C11H16OSi+. The Kier molecular flexibility index (Phi) is 2.51. The van der Waals surface area contributed by atoms with E-state index in [1.165, 1.54) is 24.8 Å². The molecule has 0 amide bonds. The average molecular weight is 192 g/mol. The molecule has 1 saturated heterocycles. The highest BCUT2D eigenvalue weighted by Crippen LogP contribution is 2.31. The Morgan fingerprint density at radius 3 is 2.77 bits per heavy atom. The van der Waals surface area contributed by atoms with Gasteiger partial charge in [-0.15, -0.1) is 0 Å². The first-order valence-corrected chi connectivity index (χ1v) is 5.92. The highest BCUT2D eigenvalue weighted by Gasteiger charge is 2.28. The Morgan fingerprint density at radius 1 is 1.38 bits per heavy atom. The maximum Gasteiger partial charge on any atom is 1.00 e. The molecule has 1 radical (unpaired) electrons. The van der Waals surface area contributed by atoms with Crippen LogP contribution >= 0.6 is 0 Å². The second-order valence-electron chi connectivity index (χ2n) is 3.83. The van der Waals surface area contributed by atoms with Crippen molar-refractivity contribution in [3.05, 3.63) is 35.9 Å². The van der Waals surface area contributed by atoms with Gasteiger partial charge >= 0.3 is 1.43 Å². The monoisotopic (exact) mass is 192 g/mol. The summed E-state index contributed by atoms with van der Waals surface area (Å²) in [7, 11) is 1.08. The zero-order valence-electron chi connectivity index (χ0n) is 9.05. The van der Waals surface area contributed by atoms with Crippen molar-refractivity contribution in [3.63, 3.8) is 0 Å². The van der Waals surface area contributed by atoms with Gasteiger partial charge in [0.1, 0.15) is 0 Å². The van der Waals surface area contributed by atoms with Gasteiger partial charge in [-0.1, -0.05) is 24.3 Å². The Morgan fingerprint density at radius 2 is 2.15 bits per heavy atom. The van der Waals surface area contributed by atoms with Gasteiger partial charge in [-0.25, -0.2) is 0 Å². The molecule has 1 fully saturated rings. The van der Waals surface area contributed by atoms with Crippen LogP contribution in [0.3, 0.4) is 0 Å². The normalized spacial score (nSPS) is 28.9. The molecule has 1 aliphatic heterocycles. The van der Waals surface area contributed by atoms with E-state index in [1.54, 1.807) is 0 Å². The third kappa shape index (κ3) is 1.84. The van der Waals surface area contributed by atoms with E-state index >= 15 is 0 Å². The molecule has 0 spiro atoms. The van der Waals surface area contributed by atoms with E-state index < -0.39 is 0 Å². The number of ether oxygens (including phenoxy) is 1. The molecule has 1 aromatic rings. The van der Waals surface area contributed by atoms with Crippen molar-refractivity contribution in [2.45, 2.75) is 24.5 Å². The lowest BCUT2D eigenvalue weighted by Crippen LogP contribution is -2.33. The van der Waals surface area contributed by atoms with Crippen LogP contribution in [0.15, 0.2) is 24.3 Å². The highest BCUT2D eigenvalue weighted by molar-refractivity contribution is 6.14. The van der Waals surface area contributed by atoms with Crippen LogP contribution in [0, 0.1) is 6.07 Å². The summed E-state index contributed by atoms with van der Waals surface area (Å²) in [6.07, 6.45) is 3.73. The van der Waals surface area contributed by atoms with Crippen LogP contribution < -0.4 is 0 Å². The van der Waals surface area contributed by atoms with Crippen molar-refractivity contribution in [1.29, 1.82) is 0 Å². The van der Waals surface area contributed by atoms with E-state index in [9.17, 15) is 0 Å². The maximum absolute atomic E-state index is 5.90. The molecule has 0 bridgehead atoms. The van der Waals surface area contributed by atoms with Gasteiger partial charge in [0.15, 0.2) is 0 Å². The number of rotatable bonds is 1. The molecule has 13 heavy (non-hydrogen) atoms. The zero-order chi connectivity index (χ0) is 9.15. The molecule has 0 N–H and O–H groups in total. The predicted octanol–water partition coefficient (Wildman–Crippen LogP) is 1.32. The fourth-order valence-electron chi connectivity index (χ4n) is 1.90. The molecule has 0 saturated carbocycles. The van der Waals surface area contributed by atoms with E-state index in [1.807, 2.05) is 12.1 Å². The van der Waals surface area contributed by atoms with Crippen LogP contribution in [0.1, 0.15) is 26.3 Å². The zero-order valence-corrected chi connectivity index (χ0v) is 10.0. The quantitative estimate of drug-likeness (QED) is 0.610. The fourth-order valence-corrected chi connectivity index (χ4v) is 2.79. The lowest BCUT2D eigenvalue weighted by molar-refractivity contribution is -0.0210. The van der Waals surface area contributed by atoms with Crippen molar-refractivity contribution < 1.29 is 6.16 Å². The van der Waals surface area contributed by atoms with Crippen LogP contribution in [0.25, 0.3) is 0 Å². The molecule has 1 aromatic carbocycles. The van der Waals surface area contributed by atoms with Gasteiger partial charge in [0.05, 0.1) is 5.22 Å². The van der Waals surface area contributed by atoms with Gasteiger partial charge in [-0.3, -0.25) is 0 Å². The molecule has 1 aliphatic rings. The van der Waals surface area contributed by atoms with Crippen LogP contribution in [0.4, 0.5) is 0 Å². The minimum absolute atomic E-state index is 0. The second-order valence-corrected chi connectivity index (χ2v) is 5.44. The minimum atomic E-state index is 0. The summed E-state index contributed by atoms with van der Waals surface area (Å²) in [5.41, 5.74) is 1.35. The van der Waals surface area contributed by atoms with Crippen molar-refractivity contribution in [1.82, 2.24) is 0 Å². The van der Waals surface area contributed by atoms with Crippen molar-refractivity contribution in [2.24, 2.45) is 0 Å². The van der Waals surface area contributed by atoms with Gasteiger partial charge in [-0.2, -0.15) is 0 Å². The maximum atomic E-state index is 5.90. The molecule has 1 nitrogen and oxygen atoms in total. The number of hydrogen-bond acceptors (Lipinski definition) is 1. The van der Waals surface area contributed by atoms with Gasteiger partial charge in [-0.05, 0) is 30.9 Å². The second kappa shape index (κ2) is 3.64. The first kappa shape index (κ1) is 8.97. The van der Waals surface area contributed by atoms with E-state index in [2.05, 4.69) is 18.2 Å². The molecule has 2 rings (SSSR count). The molecular weight excluding hydrogens is 176 g/mol. The Bertz CT molecular complexity index is 270. The SMILES string of the molecule is [H+].[SiH3]C1(c2cc[c]cc2)CCCCO1. The van der Waals surface area contributed by atoms with Crippen LogP contribution in [-0.4, -0.2) is 16.8 Å². The van der Waals surface area contributed by atoms with Crippen LogP contribution in [0.5, 0.6) is 0 Å². The summed E-state index contributed by atoms with van der Waals surface area (Å²) in [5.74, 6) is 0. The third-order valence-electron chi connectivity index (χ3n) is 2.80. The fraction of sp³-hybridized carbons (Fsp3) is 0.455. The Hall–Kier alpha value is -0.603. The summed E-state index contributed by atoms with van der Waals surface area (Å²) in [5, 5.41) is 0.0906. The van der Waals surface area contributed by atoms with Crippen molar-refractivity contribution in [3.8, 4) is 0 Å². The highest BCUT2D eigenvalue weighted by atomic mass is 28.1. The van der Waals surface area contributed by atoms with Gasteiger partial charge < -0.3 is 4.74 Å². The molecule has 1 unspecified atom stereocenters. The molecule has 0 aromatic heterocycles. The Labute approximate surface area is 84.0 Å². The minimum Gasteiger partial charge on any atom is -0.375 e. The van der Waals surface area contributed by atoms with Crippen molar-refractivity contribution in [2.75, 3.05) is 6.61 Å². The smallest absolute Gasteiger partial charge is 0.375 e. The molecule has 1 heterocycles. The molecule has 1 atom stereocenters. The summed E-state index contributed by atoms with van der Waals surface area (Å²) in [4.78, 5) is 0. The summed E-state index contributed by atoms with van der Waals surface area (Å²) in [6, 6.07) is 11.3. The molecule has 2 heteroatoms. The molecule has 69 valence electrons. The largest absolute Gasteiger partial charge is 1.00 e. The lowest BCUT2D eigenvalue weighted by Gasteiger charge is -2.34. The van der Waals surface area contributed by atoms with Crippen LogP contribution in [0.2, 0.25) is 0 Å². The first-order chi connectivity index (χ1) is 6.31. The van der Waals surface area contributed by atoms with E-state index in [-0.39, 0.29) is 6.65 Å². The number of benzene rings is 1. The number of hydrogen-bond donors (Lipinski definition) is 0. The summed E-state index contributed by atoms with van der Waals surface area (Å²) >= 11 is 0. The van der Waals surface area contributed by atoms with Crippen LogP contribution in [-0.2, 0) is 9.96 Å². The summed E-state index contributed by atoms with van der Waals surface area (Å²) < 4.78 is 5.90. The van der Waals surface area contributed by atoms with E-state index in [4.69, 9.17) is 4.74 Å². The van der Waals surface area contributed by atoms with Gasteiger partial charge in [0, 0.05) is 16.8 Å². The lowest BCUT2D eigenvalue weighted by atomic mass is 10.0. The topological polar surface area (TPSA) is 9.23 Å². The standard InChI is InChI=1S/C11H15OSi/c13-11(8-4-5-9-12-11)10-6-2-1-3-7-10/h2-3,6-7H,4-5,8-9H2,13H3/p+1. The Balaban J connectivity index is 0.000000980. The third-order valence-corrected chi connectivity index (χ3v) is 4.16.